The van der Waals surface area contributed by atoms with Crippen molar-refractivity contribution in [1.82, 2.24) is 0 Å². The molecule has 0 heterocycles. The molecule has 0 aliphatic heterocycles. The summed E-state index contributed by atoms with van der Waals surface area (Å²) in [5, 5.41) is 2.93. The molecule has 110 valence electrons. The van der Waals surface area contributed by atoms with Gasteiger partial charge in [0.15, 0.2) is 0 Å². The highest BCUT2D eigenvalue weighted by Gasteiger charge is 2.11. The minimum Gasteiger partial charge on any atom is -0.399 e. The van der Waals surface area contributed by atoms with Crippen LogP contribution in [0.3, 0.4) is 0 Å². The highest BCUT2D eigenvalue weighted by Crippen LogP contribution is 2.22. The Bertz CT molecular complexity index is 593. The third kappa shape index (κ3) is 4.53. The molecule has 0 fully saturated rings. The average Bonchev–Trinajstić information content (AvgIpc) is 2.48. The molecule has 1 unspecified atom stereocenters. The topological polar surface area (TPSA) is 55.1 Å². The van der Waals surface area contributed by atoms with Crippen molar-refractivity contribution in [3.05, 3.63) is 54.1 Å². The molecule has 2 aromatic rings. The van der Waals surface area contributed by atoms with Gasteiger partial charge in [-0.05, 0) is 54.1 Å². The molecule has 1 atom stereocenters. The lowest BCUT2D eigenvalue weighted by Crippen LogP contribution is -2.14. The predicted octanol–water partition coefficient (Wildman–Crippen LogP) is 4.12. The van der Waals surface area contributed by atoms with Gasteiger partial charge in [0.05, 0.1) is 0 Å². The number of hydrogen-bond donors (Lipinski definition) is 2. The summed E-state index contributed by atoms with van der Waals surface area (Å²) in [4.78, 5) is 13.3. The van der Waals surface area contributed by atoms with Crippen molar-refractivity contribution in [3.8, 4) is 0 Å². The van der Waals surface area contributed by atoms with E-state index in [1.165, 1.54) is 4.90 Å². The number of anilines is 2. The van der Waals surface area contributed by atoms with Gasteiger partial charge in [-0.2, -0.15) is 0 Å². The van der Waals surface area contributed by atoms with E-state index in [0.717, 1.165) is 16.9 Å². The molecular weight excluding hydrogens is 280 g/mol. The number of carbonyl (C=O) groups is 1. The van der Waals surface area contributed by atoms with Crippen LogP contribution in [0.1, 0.15) is 24.8 Å². The number of thioether (sulfide) groups is 1. The number of hydrogen-bond acceptors (Lipinski definition) is 3. The lowest BCUT2D eigenvalue weighted by Gasteiger charge is -2.12. The summed E-state index contributed by atoms with van der Waals surface area (Å²) in [6.07, 6.45) is 2.48. The van der Waals surface area contributed by atoms with Crippen molar-refractivity contribution >= 4 is 29.0 Å². The molecule has 21 heavy (non-hydrogen) atoms. The van der Waals surface area contributed by atoms with Crippen LogP contribution in [0, 0.1) is 0 Å². The maximum absolute atomic E-state index is 12.1. The molecule has 0 aliphatic rings. The first-order valence-corrected chi connectivity index (χ1v) is 8.10. The Hall–Kier alpha value is -1.94. The molecule has 0 saturated heterocycles. The maximum Gasteiger partial charge on any atom is 0.224 e. The van der Waals surface area contributed by atoms with E-state index in [1.807, 2.05) is 61.7 Å². The van der Waals surface area contributed by atoms with Crippen LogP contribution in [0.5, 0.6) is 0 Å². The summed E-state index contributed by atoms with van der Waals surface area (Å²) >= 11 is 1.68. The van der Waals surface area contributed by atoms with E-state index in [1.54, 1.807) is 11.8 Å². The van der Waals surface area contributed by atoms with Crippen LogP contribution in [-0.4, -0.2) is 12.2 Å². The Morgan fingerprint density at radius 1 is 1.14 bits per heavy atom. The lowest BCUT2D eigenvalue weighted by atomic mass is 9.97. The Morgan fingerprint density at radius 3 is 2.33 bits per heavy atom. The molecule has 0 bridgehead atoms. The second-order valence-electron chi connectivity index (χ2n) is 5.05. The molecule has 1 amide bonds. The summed E-state index contributed by atoms with van der Waals surface area (Å²) in [6, 6.07) is 15.5. The molecule has 4 heteroatoms. The Kier molecular flexibility index (Phi) is 5.28. The minimum atomic E-state index is 0.0243. The van der Waals surface area contributed by atoms with Crippen molar-refractivity contribution in [2.45, 2.75) is 24.2 Å². The van der Waals surface area contributed by atoms with Crippen LogP contribution < -0.4 is 11.1 Å². The highest BCUT2D eigenvalue weighted by atomic mass is 32.2. The second kappa shape index (κ2) is 7.18. The Morgan fingerprint density at radius 2 is 1.76 bits per heavy atom. The molecule has 2 aromatic carbocycles. The molecule has 0 saturated carbocycles. The predicted molar refractivity (Wildman–Crippen MR) is 90.7 cm³/mol. The third-order valence-electron chi connectivity index (χ3n) is 3.37. The average molecular weight is 300 g/mol. The monoisotopic (exact) mass is 300 g/mol. The van der Waals surface area contributed by atoms with Crippen molar-refractivity contribution < 1.29 is 4.79 Å². The number of amides is 1. The third-order valence-corrected chi connectivity index (χ3v) is 4.11. The summed E-state index contributed by atoms with van der Waals surface area (Å²) in [7, 11) is 0. The summed E-state index contributed by atoms with van der Waals surface area (Å²) in [5.74, 6) is 0.187. The largest absolute Gasteiger partial charge is 0.399 e. The number of nitrogens with one attached hydrogen (secondary N) is 1. The first-order chi connectivity index (χ1) is 10.1. The quantitative estimate of drug-likeness (QED) is 0.645. The van der Waals surface area contributed by atoms with Gasteiger partial charge in [-0.1, -0.05) is 19.1 Å². The zero-order valence-electron chi connectivity index (χ0n) is 12.3. The van der Waals surface area contributed by atoms with Crippen molar-refractivity contribution in [2.24, 2.45) is 0 Å². The minimum absolute atomic E-state index is 0.0243. The van der Waals surface area contributed by atoms with Crippen molar-refractivity contribution in [2.75, 3.05) is 17.3 Å². The summed E-state index contributed by atoms with van der Waals surface area (Å²) in [6.45, 7) is 2.04. The smallest absolute Gasteiger partial charge is 0.224 e. The molecule has 3 nitrogen and oxygen atoms in total. The second-order valence-corrected chi connectivity index (χ2v) is 5.93. The molecule has 0 radical (unpaired) electrons. The van der Waals surface area contributed by atoms with Crippen LogP contribution in [0.25, 0.3) is 0 Å². The maximum atomic E-state index is 12.1. The van der Waals surface area contributed by atoms with E-state index in [9.17, 15) is 4.79 Å². The molecule has 0 aromatic heterocycles. The van der Waals surface area contributed by atoms with Crippen LogP contribution >= 0.6 is 11.8 Å². The van der Waals surface area contributed by atoms with Gasteiger partial charge < -0.3 is 11.1 Å². The van der Waals surface area contributed by atoms with E-state index in [-0.39, 0.29) is 11.8 Å². The van der Waals surface area contributed by atoms with Crippen LogP contribution in [0.15, 0.2) is 53.4 Å². The van der Waals surface area contributed by atoms with Gasteiger partial charge in [0.25, 0.3) is 0 Å². The van der Waals surface area contributed by atoms with Gasteiger partial charge in [-0.25, -0.2) is 0 Å². The lowest BCUT2D eigenvalue weighted by molar-refractivity contribution is -0.116. The van der Waals surface area contributed by atoms with Crippen LogP contribution in [0.4, 0.5) is 11.4 Å². The zero-order valence-corrected chi connectivity index (χ0v) is 13.1. The van der Waals surface area contributed by atoms with E-state index in [0.29, 0.717) is 6.42 Å². The molecule has 3 N–H and O–H groups in total. The number of rotatable bonds is 5. The Balaban J connectivity index is 1.92. The van der Waals surface area contributed by atoms with E-state index >= 15 is 0 Å². The van der Waals surface area contributed by atoms with Gasteiger partial charge in [-0.3, -0.25) is 4.79 Å². The first-order valence-electron chi connectivity index (χ1n) is 6.88. The van der Waals surface area contributed by atoms with Gasteiger partial charge in [0.1, 0.15) is 0 Å². The number of carbonyl (C=O) groups excluding carboxylic acids is 1. The Labute approximate surface area is 129 Å². The number of nitrogen functional groups attached to an aromatic ring is 1. The molecular formula is C17H20N2OS. The zero-order chi connectivity index (χ0) is 15.2. The number of nitrogens with two attached hydrogens (primary N) is 1. The summed E-state index contributed by atoms with van der Waals surface area (Å²) in [5.41, 5.74) is 8.37. The number of benzene rings is 2. The highest BCUT2D eigenvalue weighted by molar-refractivity contribution is 7.98. The fourth-order valence-electron chi connectivity index (χ4n) is 2.11. The first kappa shape index (κ1) is 15.4. The van der Waals surface area contributed by atoms with Crippen molar-refractivity contribution in [1.29, 1.82) is 0 Å². The van der Waals surface area contributed by atoms with Crippen LogP contribution in [-0.2, 0) is 4.79 Å². The molecule has 0 aliphatic carbocycles. The van der Waals surface area contributed by atoms with Gasteiger partial charge in [0, 0.05) is 22.7 Å². The summed E-state index contributed by atoms with van der Waals surface area (Å²) < 4.78 is 0. The SMILES string of the molecule is CSc1ccc(NC(=O)CC(C)c2ccc(N)cc2)cc1. The standard InChI is InChI=1S/C17H20N2OS/c1-12(13-3-5-14(18)6-4-13)11-17(20)19-15-7-9-16(21-2)10-8-15/h3-10,12H,11,18H2,1-2H3,(H,19,20). The van der Waals surface area contributed by atoms with Crippen molar-refractivity contribution in [3.63, 3.8) is 0 Å². The van der Waals surface area contributed by atoms with Gasteiger partial charge >= 0.3 is 0 Å². The van der Waals surface area contributed by atoms with E-state index < -0.39 is 0 Å². The van der Waals surface area contributed by atoms with Crippen LogP contribution in [0.2, 0.25) is 0 Å². The van der Waals surface area contributed by atoms with E-state index in [4.69, 9.17) is 5.73 Å². The van der Waals surface area contributed by atoms with E-state index in [2.05, 4.69) is 5.32 Å². The fourth-order valence-corrected chi connectivity index (χ4v) is 2.52. The molecule has 2 rings (SSSR count). The van der Waals surface area contributed by atoms with Gasteiger partial charge in [0.2, 0.25) is 5.91 Å². The molecule has 0 spiro atoms. The van der Waals surface area contributed by atoms with Gasteiger partial charge in [-0.15, -0.1) is 11.8 Å². The normalized spacial score (nSPS) is 11.9. The fraction of sp³-hybridized carbons (Fsp3) is 0.235.